The number of benzene rings is 1. The van der Waals surface area contributed by atoms with Crippen molar-refractivity contribution in [3.05, 3.63) is 23.3 Å². The highest BCUT2D eigenvalue weighted by Crippen LogP contribution is 2.36. The second-order valence-electron chi connectivity index (χ2n) is 6.31. The zero-order chi connectivity index (χ0) is 16.4. The molecule has 0 fully saturated rings. The van der Waals surface area contributed by atoms with Crippen molar-refractivity contribution < 1.29 is 14.3 Å². The highest BCUT2D eigenvalue weighted by Gasteiger charge is 2.33. The van der Waals surface area contributed by atoms with Crippen LogP contribution in [-0.4, -0.2) is 31.1 Å². The Balaban J connectivity index is 1.92. The molecule has 5 nitrogen and oxygen atoms in total. The molecular weight excluding hydrogens is 292 g/mol. The number of carbonyl (C=O) groups excluding carboxylic acids is 2. The zero-order valence-corrected chi connectivity index (χ0v) is 13.9. The van der Waals surface area contributed by atoms with Crippen LogP contribution in [0.1, 0.15) is 44.2 Å². The average molecular weight is 316 g/mol. The molecule has 1 aliphatic heterocycles. The summed E-state index contributed by atoms with van der Waals surface area (Å²) in [6, 6.07) is 3.63. The summed E-state index contributed by atoms with van der Waals surface area (Å²) in [4.78, 5) is 26.2. The number of hydrogen-bond donors (Lipinski definition) is 1. The van der Waals surface area contributed by atoms with Crippen LogP contribution >= 0.6 is 0 Å². The Morgan fingerprint density at radius 2 is 2.00 bits per heavy atom. The van der Waals surface area contributed by atoms with Gasteiger partial charge in [-0.1, -0.05) is 6.92 Å². The van der Waals surface area contributed by atoms with Crippen molar-refractivity contribution in [2.45, 2.75) is 52.0 Å². The molecule has 0 saturated heterocycles. The number of carbonyl (C=O) groups is 2. The van der Waals surface area contributed by atoms with E-state index in [0.717, 1.165) is 30.6 Å². The quantitative estimate of drug-likeness (QED) is 0.868. The first-order chi connectivity index (χ1) is 11.1. The number of nitrogens with one attached hydrogen (secondary N) is 1. The molecule has 1 N–H and O–H groups in total. The number of esters is 1. The first-order valence-corrected chi connectivity index (χ1v) is 8.50. The van der Waals surface area contributed by atoms with Crippen LogP contribution in [-0.2, 0) is 27.2 Å². The van der Waals surface area contributed by atoms with Gasteiger partial charge in [0, 0.05) is 0 Å². The van der Waals surface area contributed by atoms with Crippen LogP contribution in [0.5, 0.6) is 0 Å². The van der Waals surface area contributed by atoms with Crippen molar-refractivity contribution in [1.82, 2.24) is 0 Å². The maximum Gasteiger partial charge on any atom is 0.328 e. The topological polar surface area (TPSA) is 58.6 Å². The Hall–Kier alpha value is -2.04. The lowest BCUT2D eigenvalue weighted by molar-refractivity contribution is -0.145. The third-order valence-electron chi connectivity index (χ3n) is 4.60. The van der Waals surface area contributed by atoms with Gasteiger partial charge in [-0.05, 0) is 62.3 Å². The Morgan fingerprint density at radius 1 is 1.30 bits per heavy atom. The molecular formula is C18H24N2O3. The van der Waals surface area contributed by atoms with E-state index in [1.54, 1.807) is 11.8 Å². The van der Waals surface area contributed by atoms with Gasteiger partial charge in [0.1, 0.15) is 6.04 Å². The molecule has 1 aromatic carbocycles. The Bertz CT molecular complexity index is 627. The molecule has 1 atom stereocenters. The molecule has 0 aromatic heterocycles. The van der Waals surface area contributed by atoms with E-state index in [2.05, 4.69) is 17.4 Å². The summed E-state index contributed by atoms with van der Waals surface area (Å²) < 4.78 is 5.23. The van der Waals surface area contributed by atoms with Crippen molar-refractivity contribution in [3.63, 3.8) is 0 Å². The van der Waals surface area contributed by atoms with Crippen LogP contribution in [0.3, 0.4) is 0 Å². The van der Waals surface area contributed by atoms with E-state index in [-0.39, 0.29) is 18.4 Å². The van der Waals surface area contributed by atoms with Crippen LogP contribution in [0.2, 0.25) is 0 Å². The Morgan fingerprint density at radius 3 is 2.70 bits per heavy atom. The van der Waals surface area contributed by atoms with Crippen LogP contribution < -0.4 is 10.2 Å². The second-order valence-corrected chi connectivity index (χ2v) is 6.31. The van der Waals surface area contributed by atoms with Crippen molar-refractivity contribution in [3.8, 4) is 0 Å². The molecule has 2 aliphatic rings. The number of nitrogens with zero attached hydrogens (tertiary/aromatic N) is 1. The number of fused-ring (bicyclic) bond motifs is 2. The van der Waals surface area contributed by atoms with E-state index < -0.39 is 6.04 Å². The summed E-state index contributed by atoms with van der Waals surface area (Å²) in [5.74, 6) is -0.431. The Labute approximate surface area is 137 Å². The molecule has 0 spiro atoms. The fraction of sp³-hybridized carbons (Fsp3) is 0.556. The summed E-state index contributed by atoms with van der Waals surface area (Å²) in [5, 5.41) is 3.19. The Kier molecular flexibility index (Phi) is 4.55. The molecule has 0 bridgehead atoms. The predicted molar refractivity (Wildman–Crippen MR) is 89.8 cm³/mol. The summed E-state index contributed by atoms with van der Waals surface area (Å²) in [5.41, 5.74) is 4.41. The van der Waals surface area contributed by atoms with Gasteiger partial charge in [-0.2, -0.15) is 0 Å². The maximum absolute atomic E-state index is 12.4. The zero-order valence-electron chi connectivity index (χ0n) is 13.9. The van der Waals surface area contributed by atoms with Gasteiger partial charge < -0.3 is 10.1 Å². The smallest absolute Gasteiger partial charge is 0.328 e. The molecule has 0 radical (unpaired) electrons. The minimum Gasteiger partial charge on any atom is -0.464 e. The third kappa shape index (κ3) is 3.05. The number of rotatable bonds is 4. The molecule has 1 amide bonds. The standard InChI is InChI=1S/C18H24N2O3/c1-3-8-23-18(22)12(2)20-16-10-14-7-5-4-6-13(14)9-15(16)19-11-17(20)21/h9-10,12,19H,3-8,11H2,1-2H3. The van der Waals surface area contributed by atoms with Crippen LogP contribution in [0, 0.1) is 0 Å². The minimum atomic E-state index is -0.600. The van der Waals surface area contributed by atoms with E-state index in [9.17, 15) is 9.59 Å². The number of aryl methyl sites for hydroxylation is 2. The van der Waals surface area contributed by atoms with Gasteiger partial charge in [0.25, 0.3) is 0 Å². The summed E-state index contributed by atoms with van der Waals surface area (Å²) >= 11 is 0. The number of amides is 1. The van der Waals surface area contributed by atoms with Crippen molar-refractivity contribution in [2.75, 3.05) is 23.4 Å². The molecule has 1 aliphatic carbocycles. The number of anilines is 2. The maximum atomic E-state index is 12.4. The van der Waals surface area contributed by atoms with Gasteiger partial charge in [-0.3, -0.25) is 9.69 Å². The normalized spacial score (nSPS) is 17.8. The van der Waals surface area contributed by atoms with E-state index >= 15 is 0 Å². The fourth-order valence-electron chi connectivity index (χ4n) is 3.36. The van der Waals surface area contributed by atoms with Gasteiger partial charge in [0.2, 0.25) is 5.91 Å². The van der Waals surface area contributed by atoms with E-state index in [4.69, 9.17) is 4.74 Å². The molecule has 1 aromatic rings. The number of ether oxygens (including phenoxy) is 1. The van der Waals surface area contributed by atoms with Gasteiger partial charge in [0.05, 0.1) is 24.5 Å². The predicted octanol–water partition coefficient (Wildman–Crippen LogP) is 2.67. The van der Waals surface area contributed by atoms with Crippen molar-refractivity contribution >= 4 is 23.3 Å². The van der Waals surface area contributed by atoms with Crippen molar-refractivity contribution in [1.29, 1.82) is 0 Å². The van der Waals surface area contributed by atoms with Crippen LogP contribution in [0.15, 0.2) is 12.1 Å². The van der Waals surface area contributed by atoms with Crippen LogP contribution in [0.4, 0.5) is 11.4 Å². The van der Waals surface area contributed by atoms with E-state index in [1.807, 2.05) is 6.92 Å². The molecule has 5 heteroatoms. The first-order valence-electron chi connectivity index (χ1n) is 8.50. The van der Waals surface area contributed by atoms with Crippen LogP contribution in [0.25, 0.3) is 0 Å². The first kappa shape index (κ1) is 15.8. The third-order valence-corrected chi connectivity index (χ3v) is 4.60. The van der Waals surface area contributed by atoms with Crippen molar-refractivity contribution in [2.24, 2.45) is 0 Å². The van der Waals surface area contributed by atoms with E-state index in [0.29, 0.717) is 6.61 Å². The summed E-state index contributed by atoms with van der Waals surface area (Å²) in [6.07, 6.45) is 5.30. The molecule has 124 valence electrons. The van der Waals surface area contributed by atoms with Gasteiger partial charge in [0.15, 0.2) is 0 Å². The fourth-order valence-corrected chi connectivity index (χ4v) is 3.36. The van der Waals surface area contributed by atoms with Gasteiger partial charge in [-0.15, -0.1) is 0 Å². The summed E-state index contributed by atoms with van der Waals surface area (Å²) in [7, 11) is 0. The second kappa shape index (κ2) is 6.60. The van der Waals surface area contributed by atoms with E-state index in [1.165, 1.54) is 24.0 Å². The molecule has 0 saturated carbocycles. The lowest BCUT2D eigenvalue weighted by atomic mass is 9.90. The summed E-state index contributed by atoms with van der Waals surface area (Å²) in [6.45, 7) is 4.30. The number of hydrogen-bond acceptors (Lipinski definition) is 4. The average Bonchev–Trinajstić information content (AvgIpc) is 2.57. The largest absolute Gasteiger partial charge is 0.464 e. The lowest BCUT2D eigenvalue weighted by Gasteiger charge is -2.35. The highest BCUT2D eigenvalue weighted by molar-refractivity contribution is 6.06. The molecule has 3 rings (SSSR count). The van der Waals surface area contributed by atoms with Gasteiger partial charge in [-0.25, -0.2) is 4.79 Å². The van der Waals surface area contributed by atoms with Gasteiger partial charge >= 0.3 is 5.97 Å². The molecule has 23 heavy (non-hydrogen) atoms. The highest BCUT2D eigenvalue weighted by atomic mass is 16.5. The molecule has 1 heterocycles. The minimum absolute atomic E-state index is 0.0887. The SMILES string of the molecule is CCCOC(=O)C(C)N1C(=O)CNc2cc3c(cc21)CCCC3. The monoisotopic (exact) mass is 316 g/mol. The molecule has 1 unspecified atom stereocenters. The lowest BCUT2D eigenvalue weighted by Crippen LogP contribution is -2.49.